The Balaban J connectivity index is 1.57. The van der Waals surface area contributed by atoms with Crippen molar-refractivity contribution in [3.05, 3.63) is 104 Å². The molecule has 0 aromatic heterocycles. The number of rotatable bonds is 5. The summed E-state index contributed by atoms with van der Waals surface area (Å²) in [5.41, 5.74) is 2.91. The molecule has 3 aromatic rings. The van der Waals surface area contributed by atoms with Gasteiger partial charge in [0.2, 0.25) is 0 Å². The molecule has 0 bridgehead atoms. The first-order valence-corrected chi connectivity index (χ1v) is 9.77. The summed E-state index contributed by atoms with van der Waals surface area (Å²) in [7, 11) is 0. The van der Waals surface area contributed by atoms with Crippen LogP contribution in [0.4, 0.5) is 11.4 Å². The van der Waals surface area contributed by atoms with E-state index < -0.39 is 22.7 Å². The van der Waals surface area contributed by atoms with E-state index in [2.05, 4.69) is 0 Å². The highest BCUT2D eigenvalue weighted by Crippen LogP contribution is 2.30. The smallest absolute Gasteiger partial charge is 0.338 e. The van der Waals surface area contributed by atoms with Crippen molar-refractivity contribution < 1.29 is 24.0 Å². The Kier molecular flexibility index (Phi) is 5.28. The summed E-state index contributed by atoms with van der Waals surface area (Å²) >= 11 is 0. The molecule has 0 aliphatic carbocycles. The number of carbonyl (C=O) groups is 3. The van der Waals surface area contributed by atoms with Crippen LogP contribution in [-0.2, 0) is 11.3 Å². The van der Waals surface area contributed by atoms with Crippen molar-refractivity contribution in [1.82, 2.24) is 0 Å². The normalized spacial score (nSPS) is 12.6. The van der Waals surface area contributed by atoms with Crippen LogP contribution in [0, 0.1) is 24.0 Å². The Bertz CT molecular complexity index is 1300. The highest BCUT2D eigenvalue weighted by Gasteiger charge is 2.37. The highest BCUT2D eigenvalue weighted by atomic mass is 16.6. The van der Waals surface area contributed by atoms with Gasteiger partial charge in [0.1, 0.15) is 6.61 Å². The number of fused-ring (bicyclic) bond motifs is 1. The van der Waals surface area contributed by atoms with Crippen molar-refractivity contribution in [2.45, 2.75) is 20.5 Å². The third kappa shape index (κ3) is 3.62. The topological polar surface area (TPSA) is 107 Å². The Hall–Kier alpha value is -4.33. The van der Waals surface area contributed by atoms with Gasteiger partial charge in [0.05, 0.1) is 32.9 Å². The molecule has 8 nitrogen and oxygen atoms in total. The van der Waals surface area contributed by atoms with Crippen molar-refractivity contribution in [1.29, 1.82) is 0 Å². The van der Waals surface area contributed by atoms with E-state index in [1.807, 2.05) is 19.9 Å². The molecule has 3 aromatic carbocycles. The van der Waals surface area contributed by atoms with Gasteiger partial charge in [-0.3, -0.25) is 19.7 Å². The molecule has 0 atom stereocenters. The second-order valence-electron chi connectivity index (χ2n) is 7.44. The molecule has 4 rings (SSSR count). The van der Waals surface area contributed by atoms with Crippen molar-refractivity contribution in [2.75, 3.05) is 4.90 Å². The molecule has 8 heteroatoms. The number of hydrogen-bond donors (Lipinski definition) is 0. The number of hydrogen-bond acceptors (Lipinski definition) is 6. The molecule has 1 heterocycles. The number of carbonyl (C=O) groups excluding carboxylic acids is 3. The Labute approximate surface area is 183 Å². The third-order valence-corrected chi connectivity index (χ3v) is 5.42. The lowest BCUT2D eigenvalue weighted by molar-refractivity contribution is -0.385. The van der Waals surface area contributed by atoms with Gasteiger partial charge in [-0.25, -0.2) is 9.69 Å². The number of imide groups is 1. The Morgan fingerprint density at radius 2 is 1.66 bits per heavy atom. The number of nitro benzene ring substituents is 1. The maximum atomic E-state index is 13.0. The predicted molar refractivity (Wildman–Crippen MR) is 116 cm³/mol. The molecule has 1 aliphatic rings. The van der Waals surface area contributed by atoms with Gasteiger partial charge in [-0.15, -0.1) is 0 Å². The summed E-state index contributed by atoms with van der Waals surface area (Å²) in [5.74, 6) is -1.74. The third-order valence-electron chi connectivity index (χ3n) is 5.42. The van der Waals surface area contributed by atoms with Crippen LogP contribution in [0.15, 0.2) is 60.7 Å². The Morgan fingerprint density at radius 1 is 0.938 bits per heavy atom. The predicted octanol–water partition coefficient (Wildman–Crippen LogP) is 4.37. The van der Waals surface area contributed by atoms with Gasteiger partial charge in [-0.2, -0.15) is 0 Å². The van der Waals surface area contributed by atoms with Gasteiger partial charge in [0.25, 0.3) is 17.5 Å². The zero-order chi connectivity index (χ0) is 23.0. The fraction of sp³-hybridized carbons (Fsp3) is 0.125. The molecule has 0 unspecified atom stereocenters. The van der Waals surface area contributed by atoms with Crippen molar-refractivity contribution in [2.24, 2.45) is 0 Å². The molecule has 1 aliphatic heterocycles. The lowest BCUT2D eigenvalue weighted by Gasteiger charge is -2.15. The maximum absolute atomic E-state index is 13.0. The van der Waals surface area contributed by atoms with Gasteiger partial charge >= 0.3 is 5.97 Å². The summed E-state index contributed by atoms with van der Waals surface area (Å²) in [6.45, 7) is 3.53. The molecule has 0 saturated heterocycles. The van der Waals surface area contributed by atoms with Gasteiger partial charge in [0, 0.05) is 6.07 Å². The number of aryl methyl sites for hydroxylation is 2. The number of amides is 2. The minimum Gasteiger partial charge on any atom is -0.457 e. The van der Waals surface area contributed by atoms with Crippen LogP contribution in [0.5, 0.6) is 0 Å². The molecule has 2 amide bonds. The molecule has 0 N–H and O–H groups in total. The van der Waals surface area contributed by atoms with Gasteiger partial charge in [0.15, 0.2) is 0 Å². The van der Waals surface area contributed by atoms with E-state index in [0.717, 1.165) is 16.0 Å². The zero-order valence-corrected chi connectivity index (χ0v) is 17.3. The summed E-state index contributed by atoms with van der Waals surface area (Å²) < 4.78 is 5.21. The van der Waals surface area contributed by atoms with Gasteiger partial charge < -0.3 is 4.74 Å². The molecule has 32 heavy (non-hydrogen) atoms. The first kappa shape index (κ1) is 20.9. The quantitative estimate of drug-likeness (QED) is 0.257. The second-order valence-corrected chi connectivity index (χ2v) is 7.44. The first-order valence-electron chi connectivity index (χ1n) is 9.77. The number of benzene rings is 3. The molecule has 0 saturated carbocycles. The van der Waals surface area contributed by atoms with Gasteiger partial charge in [-0.05, 0) is 61.4 Å². The van der Waals surface area contributed by atoms with Crippen LogP contribution >= 0.6 is 0 Å². The number of para-hydroxylation sites is 1. The fourth-order valence-electron chi connectivity index (χ4n) is 3.50. The van der Waals surface area contributed by atoms with Crippen LogP contribution in [0.1, 0.15) is 47.8 Å². The lowest BCUT2D eigenvalue weighted by Crippen LogP contribution is -2.29. The van der Waals surface area contributed by atoms with Crippen LogP contribution < -0.4 is 4.90 Å². The number of ether oxygens (including phenoxy) is 1. The fourth-order valence-corrected chi connectivity index (χ4v) is 3.50. The number of nitrogens with zero attached hydrogens (tertiary/aromatic N) is 2. The first-order chi connectivity index (χ1) is 15.3. The molecule has 160 valence electrons. The average molecular weight is 430 g/mol. The van der Waals surface area contributed by atoms with Crippen molar-refractivity contribution >= 4 is 29.2 Å². The zero-order valence-electron chi connectivity index (χ0n) is 17.3. The van der Waals surface area contributed by atoms with Crippen LogP contribution in [0.25, 0.3) is 0 Å². The van der Waals surface area contributed by atoms with Crippen LogP contribution in [0.3, 0.4) is 0 Å². The standard InChI is InChI=1S/C24H18N2O6/c1-14-7-9-18(11-15(14)2)25-22(27)19-10-8-16(12-20(19)23(25)28)24(29)32-13-17-5-3-4-6-21(17)26(30)31/h3-12H,13H2,1-2H3. The van der Waals surface area contributed by atoms with Crippen LogP contribution in [0.2, 0.25) is 0 Å². The van der Waals surface area contributed by atoms with Crippen LogP contribution in [-0.4, -0.2) is 22.7 Å². The average Bonchev–Trinajstić information content (AvgIpc) is 3.03. The van der Waals surface area contributed by atoms with E-state index in [-0.39, 0.29) is 34.5 Å². The summed E-state index contributed by atoms with van der Waals surface area (Å²) in [4.78, 5) is 49.9. The largest absolute Gasteiger partial charge is 0.457 e. The minimum absolute atomic E-state index is 0.0745. The van der Waals surface area contributed by atoms with E-state index >= 15 is 0 Å². The number of esters is 1. The maximum Gasteiger partial charge on any atom is 0.338 e. The van der Waals surface area contributed by atoms with E-state index in [0.29, 0.717) is 5.69 Å². The van der Waals surface area contributed by atoms with E-state index in [4.69, 9.17) is 4.74 Å². The van der Waals surface area contributed by atoms with Crippen molar-refractivity contribution in [3.63, 3.8) is 0 Å². The SMILES string of the molecule is Cc1ccc(N2C(=O)c3ccc(C(=O)OCc4ccccc4[N+](=O)[O-])cc3C2=O)cc1C. The number of nitro groups is 1. The summed E-state index contributed by atoms with van der Waals surface area (Å²) in [5, 5.41) is 11.1. The molecule has 0 fully saturated rings. The van der Waals surface area contributed by atoms with E-state index in [1.54, 1.807) is 18.2 Å². The highest BCUT2D eigenvalue weighted by molar-refractivity contribution is 6.34. The molecular weight excluding hydrogens is 412 g/mol. The monoisotopic (exact) mass is 430 g/mol. The Morgan fingerprint density at radius 3 is 2.38 bits per heavy atom. The molecular formula is C24H18N2O6. The van der Waals surface area contributed by atoms with Gasteiger partial charge in [-0.1, -0.05) is 18.2 Å². The summed E-state index contributed by atoms with van der Waals surface area (Å²) in [6.07, 6.45) is 0. The molecule has 0 radical (unpaired) electrons. The second kappa shape index (κ2) is 8.07. The van der Waals surface area contributed by atoms with E-state index in [1.165, 1.54) is 36.4 Å². The lowest BCUT2D eigenvalue weighted by atomic mass is 10.1. The van der Waals surface area contributed by atoms with Crippen molar-refractivity contribution in [3.8, 4) is 0 Å². The van der Waals surface area contributed by atoms with E-state index in [9.17, 15) is 24.5 Å². The summed E-state index contributed by atoms with van der Waals surface area (Å²) in [6, 6.07) is 15.4. The number of anilines is 1. The minimum atomic E-state index is -0.754. The molecule has 0 spiro atoms.